The summed E-state index contributed by atoms with van der Waals surface area (Å²) in [6, 6.07) is 6.56. The minimum absolute atomic E-state index is 0.0504. The minimum atomic E-state index is -3.48. The SMILES string of the molecule is CCCCCCCCS(=O)(=O)Nc1ccccc1NC(=O)CC(C)=O. The van der Waals surface area contributed by atoms with Crippen LogP contribution in [0, 0.1) is 0 Å². The van der Waals surface area contributed by atoms with Crippen molar-refractivity contribution in [3.05, 3.63) is 24.3 Å². The first kappa shape index (κ1) is 21.2. The Balaban J connectivity index is 2.59. The third kappa shape index (κ3) is 9.24. The normalized spacial score (nSPS) is 11.1. The average molecular weight is 368 g/mol. The van der Waals surface area contributed by atoms with Gasteiger partial charge in [-0.25, -0.2) is 8.42 Å². The summed E-state index contributed by atoms with van der Waals surface area (Å²) in [5.41, 5.74) is 0.658. The lowest BCUT2D eigenvalue weighted by Crippen LogP contribution is -2.20. The molecule has 0 spiro atoms. The van der Waals surface area contributed by atoms with Crippen LogP contribution in [0.15, 0.2) is 24.3 Å². The van der Waals surface area contributed by atoms with Crippen molar-refractivity contribution >= 4 is 33.1 Å². The molecule has 7 heteroatoms. The van der Waals surface area contributed by atoms with Gasteiger partial charge in [-0.15, -0.1) is 0 Å². The number of ketones is 1. The fourth-order valence-corrected chi connectivity index (χ4v) is 3.59. The van der Waals surface area contributed by atoms with E-state index in [4.69, 9.17) is 0 Å². The second kappa shape index (κ2) is 10.9. The van der Waals surface area contributed by atoms with Crippen LogP contribution in [0.3, 0.4) is 0 Å². The van der Waals surface area contributed by atoms with E-state index in [-0.39, 0.29) is 18.0 Å². The van der Waals surface area contributed by atoms with Crippen molar-refractivity contribution in [3.63, 3.8) is 0 Å². The van der Waals surface area contributed by atoms with Crippen LogP contribution in [0.25, 0.3) is 0 Å². The van der Waals surface area contributed by atoms with Gasteiger partial charge in [0.1, 0.15) is 5.78 Å². The fraction of sp³-hybridized carbons (Fsp3) is 0.556. The lowest BCUT2D eigenvalue weighted by atomic mass is 10.1. The van der Waals surface area contributed by atoms with Crippen molar-refractivity contribution in [1.29, 1.82) is 0 Å². The molecule has 0 aliphatic rings. The second-order valence-electron chi connectivity index (χ2n) is 6.16. The Morgan fingerprint density at radius 3 is 2.20 bits per heavy atom. The molecule has 0 radical (unpaired) electrons. The van der Waals surface area contributed by atoms with Gasteiger partial charge in [0.05, 0.1) is 23.5 Å². The average Bonchev–Trinajstić information content (AvgIpc) is 2.51. The number of Topliss-reactive ketones (excluding diaryl/α,β-unsaturated/α-hetero) is 1. The lowest BCUT2D eigenvalue weighted by Gasteiger charge is -2.13. The molecule has 0 saturated carbocycles. The molecule has 1 aromatic rings. The number of unbranched alkanes of at least 4 members (excludes halogenated alkanes) is 5. The summed E-state index contributed by atoms with van der Waals surface area (Å²) >= 11 is 0. The third-order valence-electron chi connectivity index (χ3n) is 3.64. The van der Waals surface area contributed by atoms with Crippen molar-refractivity contribution in [1.82, 2.24) is 0 Å². The van der Waals surface area contributed by atoms with Gasteiger partial charge in [0, 0.05) is 0 Å². The van der Waals surface area contributed by atoms with Crippen LogP contribution >= 0.6 is 0 Å². The van der Waals surface area contributed by atoms with Gasteiger partial charge in [-0.3, -0.25) is 14.3 Å². The van der Waals surface area contributed by atoms with E-state index in [1.54, 1.807) is 24.3 Å². The van der Waals surface area contributed by atoms with Gasteiger partial charge < -0.3 is 5.32 Å². The van der Waals surface area contributed by atoms with Crippen molar-refractivity contribution in [2.75, 3.05) is 15.8 Å². The Hall–Kier alpha value is -1.89. The molecule has 140 valence electrons. The maximum absolute atomic E-state index is 12.2. The van der Waals surface area contributed by atoms with Crippen LogP contribution in [-0.4, -0.2) is 25.9 Å². The number of hydrogen-bond acceptors (Lipinski definition) is 4. The number of para-hydroxylation sites is 2. The number of hydrogen-bond donors (Lipinski definition) is 2. The molecular weight excluding hydrogens is 340 g/mol. The van der Waals surface area contributed by atoms with E-state index in [9.17, 15) is 18.0 Å². The van der Waals surface area contributed by atoms with Gasteiger partial charge in [0.25, 0.3) is 0 Å². The highest BCUT2D eigenvalue weighted by atomic mass is 32.2. The molecule has 25 heavy (non-hydrogen) atoms. The van der Waals surface area contributed by atoms with Crippen LogP contribution < -0.4 is 10.0 Å². The summed E-state index contributed by atoms with van der Waals surface area (Å²) < 4.78 is 27.0. The van der Waals surface area contributed by atoms with Crippen LogP contribution in [0.2, 0.25) is 0 Å². The van der Waals surface area contributed by atoms with Crippen LogP contribution in [0.5, 0.6) is 0 Å². The Labute approximate surface area is 150 Å². The van der Waals surface area contributed by atoms with Gasteiger partial charge in [-0.2, -0.15) is 0 Å². The van der Waals surface area contributed by atoms with Gasteiger partial charge in [-0.05, 0) is 25.5 Å². The topological polar surface area (TPSA) is 92.3 Å². The highest BCUT2D eigenvalue weighted by Gasteiger charge is 2.14. The molecule has 1 rings (SSSR count). The summed E-state index contributed by atoms with van der Waals surface area (Å²) in [5, 5.41) is 2.57. The first-order chi connectivity index (χ1) is 11.8. The summed E-state index contributed by atoms with van der Waals surface area (Å²) in [7, 11) is -3.48. The van der Waals surface area contributed by atoms with Crippen LogP contribution in [-0.2, 0) is 19.6 Å². The maximum atomic E-state index is 12.2. The van der Waals surface area contributed by atoms with E-state index in [1.807, 2.05) is 0 Å². The Kier molecular flexibility index (Phi) is 9.20. The predicted molar refractivity (Wildman–Crippen MR) is 101 cm³/mol. The van der Waals surface area contributed by atoms with Gasteiger partial charge in [0.15, 0.2) is 0 Å². The lowest BCUT2D eigenvalue weighted by molar-refractivity contribution is -0.124. The summed E-state index contributed by atoms with van der Waals surface area (Å²) in [6.45, 7) is 3.47. The molecule has 0 heterocycles. The molecule has 0 aromatic heterocycles. The number of carbonyl (C=O) groups excluding carboxylic acids is 2. The molecule has 0 atom stereocenters. The predicted octanol–water partition coefficient (Wildman–Crippen LogP) is 3.71. The smallest absolute Gasteiger partial charge is 0.232 e. The number of nitrogens with one attached hydrogen (secondary N) is 2. The Bertz CT molecular complexity index is 671. The van der Waals surface area contributed by atoms with Crippen molar-refractivity contribution in [2.45, 2.75) is 58.8 Å². The second-order valence-corrected chi connectivity index (χ2v) is 8.00. The molecule has 1 amide bonds. The molecule has 6 nitrogen and oxygen atoms in total. The summed E-state index contributed by atoms with van der Waals surface area (Å²) in [4.78, 5) is 22.7. The largest absolute Gasteiger partial charge is 0.324 e. The molecule has 0 bridgehead atoms. The third-order valence-corrected chi connectivity index (χ3v) is 5.00. The number of benzene rings is 1. The maximum Gasteiger partial charge on any atom is 0.232 e. The first-order valence-corrected chi connectivity index (χ1v) is 10.4. The molecule has 0 unspecified atom stereocenters. The number of carbonyl (C=O) groups is 2. The van der Waals surface area contributed by atoms with Crippen molar-refractivity contribution < 1.29 is 18.0 Å². The van der Waals surface area contributed by atoms with E-state index in [2.05, 4.69) is 17.0 Å². The van der Waals surface area contributed by atoms with E-state index in [0.717, 1.165) is 25.7 Å². The zero-order valence-electron chi connectivity index (χ0n) is 15.0. The quantitative estimate of drug-likeness (QED) is 0.434. The zero-order chi connectivity index (χ0) is 18.7. The number of amides is 1. The van der Waals surface area contributed by atoms with E-state index < -0.39 is 15.9 Å². The Morgan fingerprint density at radius 2 is 1.56 bits per heavy atom. The first-order valence-electron chi connectivity index (χ1n) is 8.73. The summed E-state index contributed by atoms with van der Waals surface area (Å²) in [6.07, 6.45) is 5.77. The molecule has 0 saturated heterocycles. The standard InChI is InChI=1S/C18H28N2O4S/c1-3-4-5-6-7-10-13-25(23,24)20-17-12-9-8-11-16(17)19-18(22)14-15(2)21/h8-9,11-12,20H,3-7,10,13-14H2,1-2H3,(H,19,22). The minimum Gasteiger partial charge on any atom is -0.324 e. The van der Waals surface area contributed by atoms with Gasteiger partial charge in [0.2, 0.25) is 15.9 Å². The zero-order valence-corrected chi connectivity index (χ0v) is 15.8. The molecule has 2 N–H and O–H groups in total. The molecule has 0 aliphatic heterocycles. The Morgan fingerprint density at radius 1 is 0.960 bits per heavy atom. The van der Waals surface area contributed by atoms with Crippen LogP contribution in [0.4, 0.5) is 11.4 Å². The molecule has 1 aromatic carbocycles. The van der Waals surface area contributed by atoms with E-state index in [0.29, 0.717) is 17.8 Å². The van der Waals surface area contributed by atoms with Crippen molar-refractivity contribution in [2.24, 2.45) is 0 Å². The van der Waals surface area contributed by atoms with E-state index in [1.165, 1.54) is 13.3 Å². The molecule has 0 aliphatic carbocycles. The van der Waals surface area contributed by atoms with Crippen molar-refractivity contribution in [3.8, 4) is 0 Å². The highest BCUT2D eigenvalue weighted by Crippen LogP contribution is 2.23. The van der Waals surface area contributed by atoms with Gasteiger partial charge in [-0.1, -0.05) is 51.2 Å². The van der Waals surface area contributed by atoms with Crippen LogP contribution in [0.1, 0.15) is 58.8 Å². The molecular formula is C18H28N2O4S. The number of sulfonamides is 1. The number of rotatable bonds is 12. The van der Waals surface area contributed by atoms with E-state index >= 15 is 0 Å². The molecule has 0 fully saturated rings. The van der Waals surface area contributed by atoms with Gasteiger partial charge >= 0.3 is 0 Å². The monoisotopic (exact) mass is 368 g/mol. The fourth-order valence-electron chi connectivity index (χ4n) is 2.39. The summed E-state index contributed by atoms with van der Waals surface area (Å²) in [5.74, 6) is -0.664. The number of anilines is 2. The highest BCUT2D eigenvalue weighted by molar-refractivity contribution is 7.92.